The van der Waals surface area contributed by atoms with Crippen molar-refractivity contribution in [1.29, 1.82) is 0 Å². The van der Waals surface area contributed by atoms with Crippen molar-refractivity contribution in [2.24, 2.45) is 5.73 Å². The number of carboxylic acids is 1. The summed E-state index contributed by atoms with van der Waals surface area (Å²) in [4.78, 5) is 36.1. The molecule has 2 unspecified atom stereocenters. The summed E-state index contributed by atoms with van der Waals surface area (Å²) in [6, 6.07) is -3.12. The van der Waals surface area contributed by atoms with Crippen molar-refractivity contribution in [2.75, 3.05) is 6.61 Å². The fourth-order valence-electron chi connectivity index (χ4n) is 2.09. The van der Waals surface area contributed by atoms with Crippen molar-refractivity contribution in [3.8, 4) is 0 Å². The fourth-order valence-corrected chi connectivity index (χ4v) is 2.09. The van der Waals surface area contributed by atoms with Crippen LogP contribution in [0.25, 0.3) is 0 Å². The predicted molar refractivity (Wildman–Crippen MR) is 83.4 cm³/mol. The molecule has 0 saturated heterocycles. The molecule has 0 fully saturated rings. The molecule has 0 aromatic heterocycles. The molecule has 0 bridgehead atoms. The van der Waals surface area contributed by atoms with Gasteiger partial charge >= 0.3 is 5.97 Å². The minimum atomic E-state index is -1.70. The van der Waals surface area contributed by atoms with E-state index in [4.69, 9.17) is 10.8 Å². The number of hydrogen-bond donors (Lipinski definition) is 4. The second kappa shape index (κ2) is 11.1. The first kappa shape index (κ1) is 21.5. The highest BCUT2D eigenvalue weighted by atomic mass is 16.4. The predicted octanol–water partition coefficient (Wildman–Crippen LogP) is -0.144. The van der Waals surface area contributed by atoms with Crippen LogP contribution in [0.15, 0.2) is 0 Å². The van der Waals surface area contributed by atoms with Gasteiger partial charge in [-0.25, -0.2) is 4.79 Å². The van der Waals surface area contributed by atoms with Crippen LogP contribution >= 0.6 is 0 Å². The molecule has 0 aliphatic heterocycles. The van der Waals surface area contributed by atoms with Crippen LogP contribution in [0.3, 0.4) is 0 Å². The number of nitrogens with two attached hydrogens (primary N) is 1. The van der Waals surface area contributed by atoms with Crippen LogP contribution in [-0.4, -0.2) is 62.8 Å². The highest BCUT2D eigenvalue weighted by molar-refractivity contribution is 6.01. The number of carboxylic acid groups (broad SMARTS) is 1. The summed E-state index contributed by atoms with van der Waals surface area (Å²) in [6.07, 6.45) is 3.10. The first-order valence-corrected chi connectivity index (χ1v) is 7.91. The average Bonchev–Trinajstić information content (AvgIpc) is 2.50. The molecule has 8 heteroatoms. The topological polar surface area (TPSA) is 141 Å². The van der Waals surface area contributed by atoms with Gasteiger partial charge in [0.2, 0.25) is 11.8 Å². The molecule has 0 aromatic rings. The zero-order valence-corrected chi connectivity index (χ0v) is 13.8. The maximum Gasteiger partial charge on any atom is 0.329 e. The lowest BCUT2D eigenvalue weighted by Gasteiger charge is -2.29. The van der Waals surface area contributed by atoms with Gasteiger partial charge in [0.15, 0.2) is 6.04 Å². The number of unbranched alkanes of at least 4 members (excludes halogenated alkanes) is 4. The molecule has 3 atom stereocenters. The van der Waals surface area contributed by atoms with E-state index in [-0.39, 0.29) is 6.42 Å². The summed E-state index contributed by atoms with van der Waals surface area (Å²) in [5.74, 6) is -3.21. The van der Waals surface area contributed by atoms with Crippen LogP contribution in [-0.2, 0) is 14.4 Å². The number of imide groups is 1. The van der Waals surface area contributed by atoms with Crippen LogP contribution < -0.4 is 5.73 Å². The van der Waals surface area contributed by atoms with E-state index in [2.05, 4.69) is 6.92 Å². The van der Waals surface area contributed by atoms with Crippen molar-refractivity contribution in [3.63, 3.8) is 0 Å². The SMILES string of the molecule is CCCCCCCC(=O)N(C(=O)C(N)C(C)O)[C@H](CO)C(=O)O. The zero-order valence-electron chi connectivity index (χ0n) is 13.8. The Morgan fingerprint density at radius 2 is 1.70 bits per heavy atom. The number of carbonyl (C=O) groups excluding carboxylic acids is 2. The second-order valence-corrected chi connectivity index (χ2v) is 5.57. The Kier molecular flexibility index (Phi) is 10.4. The van der Waals surface area contributed by atoms with E-state index in [9.17, 15) is 24.6 Å². The van der Waals surface area contributed by atoms with Gasteiger partial charge in [0.05, 0.1) is 12.7 Å². The molecule has 0 radical (unpaired) electrons. The molecule has 0 heterocycles. The summed E-state index contributed by atoms with van der Waals surface area (Å²) in [6.45, 7) is 2.42. The first-order valence-electron chi connectivity index (χ1n) is 7.91. The molecular weight excluding hydrogens is 304 g/mol. The molecule has 0 aliphatic rings. The lowest BCUT2D eigenvalue weighted by Crippen LogP contribution is -2.57. The molecule has 0 aromatic carbocycles. The molecule has 2 amide bonds. The normalized spacial score (nSPS) is 14.8. The number of amides is 2. The van der Waals surface area contributed by atoms with E-state index in [1.165, 1.54) is 6.92 Å². The number of aliphatic carboxylic acids is 1. The van der Waals surface area contributed by atoms with Gasteiger partial charge in [0.1, 0.15) is 6.04 Å². The lowest BCUT2D eigenvalue weighted by molar-refractivity contribution is -0.161. The van der Waals surface area contributed by atoms with Crippen LogP contribution in [0.2, 0.25) is 0 Å². The van der Waals surface area contributed by atoms with E-state index < -0.39 is 42.6 Å². The third kappa shape index (κ3) is 7.06. The molecule has 0 rings (SSSR count). The van der Waals surface area contributed by atoms with Crippen molar-refractivity contribution >= 4 is 17.8 Å². The van der Waals surface area contributed by atoms with Gasteiger partial charge in [-0.2, -0.15) is 0 Å². The Labute approximate surface area is 136 Å². The minimum absolute atomic E-state index is 0.00817. The van der Waals surface area contributed by atoms with Crippen LogP contribution in [0, 0.1) is 0 Å². The number of hydrogen-bond acceptors (Lipinski definition) is 6. The molecule has 0 aliphatic carbocycles. The van der Waals surface area contributed by atoms with Gasteiger partial charge < -0.3 is 21.1 Å². The minimum Gasteiger partial charge on any atom is -0.480 e. The maximum atomic E-state index is 12.2. The highest BCUT2D eigenvalue weighted by Crippen LogP contribution is 2.12. The van der Waals surface area contributed by atoms with E-state index >= 15 is 0 Å². The van der Waals surface area contributed by atoms with Crippen molar-refractivity contribution in [1.82, 2.24) is 4.90 Å². The second-order valence-electron chi connectivity index (χ2n) is 5.57. The summed E-state index contributed by atoms with van der Waals surface area (Å²) in [5.41, 5.74) is 5.52. The Balaban J connectivity index is 5.00. The quantitative estimate of drug-likeness (QED) is 0.386. The van der Waals surface area contributed by atoms with E-state index in [1.54, 1.807) is 0 Å². The molecule has 0 spiro atoms. The zero-order chi connectivity index (χ0) is 18.0. The Hall–Kier alpha value is -1.51. The third-order valence-corrected chi connectivity index (χ3v) is 3.57. The maximum absolute atomic E-state index is 12.2. The third-order valence-electron chi connectivity index (χ3n) is 3.57. The molecule has 5 N–H and O–H groups in total. The van der Waals surface area contributed by atoms with Gasteiger partial charge in [-0.15, -0.1) is 0 Å². The van der Waals surface area contributed by atoms with Gasteiger partial charge in [-0.1, -0.05) is 32.6 Å². The lowest BCUT2D eigenvalue weighted by atomic mass is 10.1. The molecule has 134 valence electrons. The number of rotatable bonds is 11. The van der Waals surface area contributed by atoms with Crippen LogP contribution in [0.1, 0.15) is 52.4 Å². The molecular formula is C15H28N2O6. The Morgan fingerprint density at radius 3 is 2.13 bits per heavy atom. The highest BCUT2D eigenvalue weighted by Gasteiger charge is 2.37. The number of carbonyl (C=O) groups is 3. The largest absolute Gasteiger partial charge is 0.480 e. The van der Waals surface area contributed by atoms with Gasteiger partial charge in [0, 0.05) is 6.42 Å². The molecule has 8 nitrogen and oxygen atoms in total. The van der Waals surface area contributed by atoms with Crippen LogP contribution in [0.4, 0.5) is 0 Å². The van der Waals surface area contributed by atoms with E-state index in [0.29, 0.717) is 11.3 Å². The Morgan fingerprint density at radius 1 is 1.13 bits per heavy atom. The van der Waals surface area contributed by atoms with Gasteiger partial charge in [0.25, 0.3) is 0 Å². The Bertz CT molecular complexity index is 399. The van der Waals surface area contributed by atoms with Gasteiger partial charge in [-0.05, 0) is 13.3 Å². The fraction of sp³-hybridized carbons (Fsp3) is 0.800. The van der Waals surface area contributed by atoms with Crippen molar-refractivity contribution in [3.05, 3.63) is 0 Å². The van der Waals surface area contributed by atoms with E-state index in [0.717, 1.165) is 25.7 Å². The number of aliphatic hydroxyl groups is 2. The van der Waals surface area contributed by atoms with E-state index in [1.807, 2.05) is 0 Å². The van der Waals surface area contributed by atoms with Crippen molar-refractivity contribution in [2.45, 2.75) is 70.6 Å². The smallest absolute Gasteiger partial charge is 0.329 e. The number of aliphatic hydroxyl groups excluding tert-OH is 2. The average molecular weight is 332 g/mol. The standard InChI is InChI=1S/C15H28N2O6/c1-3-4-5-6-7-8-12(20)17(11(9-18)15(22)23)14(21)13(16)10(2)19/h10-11,13,18-19H,3-9,16H2,1-2H3,(H,22,23)/t10?,11-,13?/m1/s1. The summed E-state index contributed by atoms with van der Waals surface area (Å²) in [7, 11) is 0. The summed E-state index contributed by atoms with van der Waals surface area (Å²) in [5, 5.41) is 27.7. The first-order chi connectivity index (χ1) is 10.8. The van der Waals surface area contributed by atoms with Crippen LogP contribution in [0.5, 0.6) is 0 Å². The van der Waals surface area contributed by atoms with Gasteiger partial charge in [-0.3, -0.25) is 14.5 Å². The molecule has 0 saturated carbocycles. The van der Waals surface area contributed by atoms with Crippen molar-refractivity contribution < 1.29 is 29.7 Å². The molecule has 23 heavy (non-hydrogen) atoms. The monoisotopic (exact) mass is 332 g/mol. The summed E-state index contributed by atoms with van der Waals surface area (Å²) < 4.78 is 0. The number of nitrogens with zero attached hydrogens (tertiary/aromatic N) is 1. The summed E-state index contributed by atoms with van der Waals surface area (Å²) >= 11 is 0.